The summed E-state index contributed by atoms with van der Waals surface area (Å²) in [5.74, 6) is 0.966. The van der Waals surface area contributed by atoms with Crippen LogP contribution in [0, 0.1) is 0 Å². The molecule has 0 aliphatic heterocycles. The number of aromatic hydroxyl groups is 1. The number of ether oxygens (including phenoxy) is 2. The lowest BCUT2D eigenvalue weighted by Gasteiger charge is -2.19. The minimum absolute atomic E-state index is 0.0541. The molecular formula is C20H17N5O3. The molecule has 0 amide bonds. The molecule has 8 heteroatoms. The Balaban J connectivity index is 1.53. The van der Waals surface area contributed by atoms with E-state index in [9.17, 15) is 5.11 Å². The highest BCUT2D eigenvalue weighted by atomic mass is 16.5. The van der Waals surface area contributed by atoms with Gasteiger partial charge >= 0.3 is 6.01 Å². The van der Waals surface area contributed by atoms with Crippen LogP contribution in [-0.4, -0.2) is 39.2 Å². The van der Waals surface area contributed by atoms with E-state index in [1.165, 1.54) is 0 Å². The van der Waals surface area contributed by atoms with E-state index in [-0.39, 0.29) is 11.9 Å². The van der Waals surface area contributed by atoms with Crippen LogP contribution >= 0.6 is 0 Å². The van der Waals surface area contributed by atoms with Crippen molar-refractivity contribution in [2.24, 2.45) is 0 Å². The van der Waals surface area contributed by atoms with E-state index < -0.39 is 0 Å². The molecule has 28 heavy (non-hydrogen) atoms. The van der Waals surface area contributed by atoms with Gasteiger partial charge in [0, 0.05) is 25.0 Å². The third-order valence-corrected chi connectivity index (χ3v) is 4.21. The minimum Gasteiger partial charge on any atom is -0.493 e. The number of nitrogens with zero attached hydrogens (tertiary/aromatic N) is 5. The second kappa shape index (κ2) is 7.36. The largest absolute Gasteiger partial charge is 0.493 e. The second-order valence-electron chi connectivity index (χ2n) is 5.94. The van der Waals surface area contributed by atoms with Gasteiger partial charge in [-0.3, -0.25) is 4.98 Å². The van der Waals surface area contributed by atoms with Gasteiger partial charge in [-0.2, -0.15) is 9.97 Å². The van der Waals surface area contributed by atoms with Crippen molar-refractivity contribution in [3.05, 3.63) is 61.1 Å². The van der Waals surface area contributed by atoms with Crippen LogP contribution in [-0.2, 0) is 0 Å². The van der Waals surface area contributed by atoms with Gasteiger partial charge in [0.2, 0.25) is 11.8 Å². The summed E-state index contributed by atoms with van der Waals surface area (Å²) < 4.78 is 10.8. The van der Waals surface area contributed by atoms with Crippen molar-refractivity contribution in [2.45, 2.75) is 0 Å². The fourth-order valence-electron chi connectivity index (χ4n) is 2.67. The highest BCUT2D eigenvalue weighted by molar-refractivity contribution is 5.82. The van der Waals surface area contributed by atoms with Crippen molar-refractivity contribution in [1.29, 1.82) is 0 Å². The second-order valence-corrected chi connectivity index (χ2v) is 5.94. The van der Waals surface area contributed by atoms with E-state index >= 15 is 0 Å². The van der Waals surface area contributed by atoms with Crippen molar-refractivity contribution in [1.82, 2.24) is 19.9 Å². The fraction of sp³-hybridized carbons (Fsp3) is 0.100. The molecule has 0 saturated heterocycles. The van der Waals surface area contributed by atoms with Crippen LogP contribution in [0.4, 0.5) is 11.4 Å². The number of aromatic nitrogens is 4. The maximum atomic E-state index is 10.0. The smallest absolute Gasteiger partial charge is 0.325 e. The van der Waals surface area contributed by atoms with Crippen LogP contribution in [0.3, 0.4) is 0 Å². The van der Waals surface area contributed by atoms with Gasteiger partial charge in [-0.15, -0.1) is 0 Å². The molecule has 1 aromatic carbocycles. The van der Waals surface area contributed by atoms with Crippen molar-refractivity contribution in [2.75, 3.05) is 19.1 Å². The summed E-state index contributed by atoms with van der Waals surface area (Å²) in [6.45, 7) is 0. The number of hydrogen-bond donors (Lipinski definition) is 1. The summed E-state index contributed by atoms with van der Waals surface area (Å²) in [5, 5.41) is 10.6. The van der Waals surface area contributed by atoms with Gasteiger partial charge in [-0.1, -0.05) is 0 Å². The Morgan fingerprint density at radius 1 is 0.929 bits per heavy atom. The molecule has 0 spiro atoms. The SMILES string of the molecule is COc1ccc(N(C)c2ccc(Oc3nc(O)c4ccncc4n3)cc2)cn1. The predicted octanol–water partition coefficient (Wildman–Crippen LogP) is 3.69. The third-order valence-electron chi connectivity index (χ3n) is 4.21. The molecule has 8 nitrogen and oxygen atoms in total. The van der Waals surface area contributed by atoms with Crippen molar-refractivity contribution >= 4 is 22.3 Å². The minimum atomic E-state index is -0.147. The highest BCUT2D eigenvalue weighted by Crippen LogP contribution is 2.29. The Morgan fingerprint density at radius 2 is 1.71 bits per heavy atom. The van der Waals surface area contributed by atoms with E-state index in [4.69, 9.17) is 9.47 Å². The van der Waals surface area contributed by atoms with Crippen LogP contribution in [0.25, 0.3) is 10.9 Å². The first-order valence-corrected chi connectivity index (χ1v) is 8.46. The highest BCUT2D eigenvalue weighted by Gasteiger charge is 2.10. The molecule has 0 aliphatic carbocycles. The molecule has 0 radical (unpaired) electrons. The molecule has 0 aliphatic rings. The monoisotopic (exact) mass is 375 g/mol. The average molecular weight is 375 g/mol. The molecule has 0 bridgehead atoms. The van der Waals surface area contributed by atoms with Crippen LogP contribution in [0.1, 0.15) is 0 Å². The molecule has 4 aromatic rings. The summed E-state index contributed by atoms with van der Waals surface area (Å²) in [4.78, 5) is 18.4. The Labute approximate surface area is 161 Å². The molecule has 140 valence electrons. The molecule has 4 rings (SSSR count). The van der Waals surface area contributed by atoms with Crippen molar-refractivity contribution in [3.8, 4) is 23.5 Å². The van der Waals surface area contributed by atoms with E-state index in [1.807, 2.05) is 36.2 Å². The standard InChI is InChI=1S/C20H17N5O3/c1-25(14-5-8-18(27-2)22-11-14)13-3-6-15(7-4-13)28-20-23-17-12-21-10-9-16(17)19(26)24-20/h3-12H,1-2H3,(H,23,24,26). The Hall–Kier alpha value is -3.94. The van der Waals surface area contributed by atoms with Crippen molar-refractivity contribution in [3.63, 3.8) is 0 Å². The predicted molar refractivity (Wildman–Crippen MR) is 104 cm³/mol. The van der Waals surface area contributed by atoms with Gasteiger partial charge in [0.25, 0.3) is 0 Å². The lowest BCUT2D eigenvalue weighted by molar-refractivity contribution is 0.398. The van der Waals surface area contributed by atoms with E-state index in [0.717, 1.165) is 11.4 Å². The Kier molecular flexibility index (Phi) is 4.59. The summed E-state index contributed by atoms with van der Waals surface area (Å²) in [6, 6.07) is 12.8. The van der Waals surface area contributed by atoms with E-state index in [0.29, 0.717) is 22.5 Å². The van der Waals surface area contributed by atoms with Gasteiger partial charge in [-0.25, -0.2) is 4.98 Å². The van der Waals surface area contributed by atoms with E-state index in [1.54, 1.807) is 43.9 Å². The summed E-state index contributed by atoms with van der Waals surface area (Å²) in [7, 11) is 3.52. The lowest BCUT2D eigenvalue weighted by atomic mass is 10.2. The number of benzene rings is 1. The zero-order chi connectivity index (χ0) is 19.5. The number of pyridine rings is 2. The summed E-state index contributed by atoms with van der Waals surface area (Å²) in [6.07, 6.45) is 4.85. The Morgan fingerprint density at radius 3 is 2.43 bits per heavy atom. The van der Waals surface area contributed by atoms with Gasteiger partial charge in [0.05, 0.1) is 36.1 Å². The Bertz CT molecular complexity index is 1100. The number of anilines is 2. The molecule has 0 fully saturated rings. The van der Waals surface area contributed by atoms with Gasteiger partial charge in [-0.05, 0) is 36.4 Å². The van der Waals surface area contributed by atoms with Crippen LogP contribution in [0.5, 0.6) is 23.5 Å². The topological polar surface area (TPSA) is 93.5 Å². The summed E-state index contributed by atoms with van der Waals surface area (Å²) >= 11 is 0. The van der Waals surface area contributed by atoms with Gasteiger partial charge in [0.1, 0.15) is 5.75 Å². The number of fused-ring (bicyclic) bond motifs is 1. The van der Waals surface area contributed by atoms with Gasteiger partial charge in [0.15, 0.2) is 0 Å². The van der Waals surface area contributed by atoms with Gasteiger partial charge < -0.3 is 19.5 Å². The van der Waals surface area contributed by atoms with Crippen molar-refractivity contribution < 1.29 is 14.6 Å². The quantitative estimate of drug-likeness (QED) is 0.564. The molecule has 0 unspecified atom stereocenters. The first-order valence-electron chi connectivity index (χ1n) is 8.46. The fourth-order valence-corrected chi connectivity index (χ4v) is 2.67. The third kappa shape index (κ3) is 3.48. The molecular weight excluding hydrogens is 358 g/mol. The van der Waals surface area contributed by atoms with E-state index in [2.05, 4.69) is 19.9 Å². The number of methoxy groups -OCH3 is 1. The number of rotatable bonds is 5. The van der Waals surface area contributed by atoms with Crippen LogP contribution in [0.2, 0.25) is 0 Å². The molecule has 1 N–H and O–H groups in total. The first kappa shape index (κ1) is 17.5. The zero-order valence-electron chi connectivity index (χ0n) is 15.3. The molecule has 0 saturated carbocycles. The number of hydrogen-bond acceptors (Lipinski definition) is 8. The molecule has 0 atom stereocenters. The molecule has 3 heterocycles. The van der Waals surface area contributed by atoms with Crippen LogP contribution in [0.15, 0.2) is 61.1 Å². The average Bonchev–Trinajstić information content (AvgIpc) is 2.74. The lowest BCUT2D eigenvalue weighted by Crippen LogP contribution is -2.09. The van der Waals surface area contributed by atoms with Crippen LogP contribution < -0.4 is 14.4 Å². The maximum Gasteiger partial charge on any atom is 0.325 e. The molecule has 3 aromatic heterocycles. The summed E-state index contributed by atoms with van der Waals surface area (Å²) in [5.41, 5.74) is 2.38. The maximum absolute atomic E-state index is 10.0. The zero-order valence-corrected chi connectivity index (χ0v) is 15.3. The first-order chi connectivity index (χ1) is 13.6. The normalized spacial score (nSPS) is 10.6.